The molecule has 1 aromatic carbocycles. The zero-order valence-corrected chi connectivity index (χ0v) is 11.9. The molecule has 5 nitrogen and oxygen atoms in total. The van der Waals surface area contributed by atoms with Crippen molar-refractivity contribution in [3.8, 4) is 0 Å². The normalized spacial score (nSPS) is 20.1. The summed E-state index contributed by atoms with van der Waals surface area (Å²) in [7, 11) is -4.29. The number of benzene rings is 1. The second kappa shape index (κ2) is 5.11. The first kappa shape index (κ1) is 14.3. The zero-order chi connectivity index (χ0) is 14.2. The lowest BCUT2D eigenvalue weighted by molar-refractivity contribution is -0.117. The van der Waals surface area contributed by atoms with Gasteiger partial charge in [-0.05, 0) is 30.5 Å². The summed E-state index contributed by atoms with van der Waals surface area (Å²) in [5.41, 5.74) is 0.905. The number of amides is 1. The van der Waals surface area contributed by atoms with Crippen molar-refractivity contribution in [2.45, 2.75) is 18.2 Å². The number of nitrogens with zero attached hydrogens (tertiary/aromatic N) is 1. The average Bonchev–Trinajstić information content (AvgIpc) is 2.70. The quantitative estimate of drug-likeness (QED) is 0.683. The number of aryl methyl sites for hydroxylation is 1. The Balaban J connectivity index is 2.40. The van der Waals surface area contributed by atoms with Gasteiger partial charge in [0.15, 0.2) is 0 Å². The van der Waals surface area contributed by atoms with Crippen LogP contribution in [-0.4, -0.2) is 31.3 Å². The Labute approximate surface area is 116 Å². The molecule has 1 atom stereocenters. The molecule has 7 heteroatoms. The number of hydrogen-bond donors (Lipinski definition) is 1. The third-order valence-corrected chi connectivity index (χ3v) is 4.62. The Morgan fingerprint density at radius 1 is 1.47 bits per heavy atom. The molecule has 1 aromatic rings. The molecule has 2 rings (SSSR count). The van der Waals surface area contributed by atoms with E-state index in [1.54, 1.807) is 19.1 Å². The van der Waals surface area contributed by atoms with Gasteiger partial charge in [0.05, 0.1) is 4.90 Å². The molecule has 1 saturated heterocycles. The van der Waals surface area contributed by atoms with Gasteiger partial charge in [0.25, 0.3) is 10.1 Å². The molecule has 1 unspecified atom stereocenters. The van der Waals surface area contributed by atoms with Gasteiger partial charge in [0, 0.05) is 24.5 Å². The van der Waals surface area contributed by atoms with Crippen LogP contribution in [-0.2, 0) is 14.9 Å². The van der Waals surface area contributed by atoms with E-state index in [4.69, 9.17) is 16.2 Å². The van der Waals surface area contributed by atoms with Crippen molar-refractivity contribution in [2.75, 3.05) is 17.3 Å². The van der Waals surface area contributed by atoms with E-state index >= 15 is 0 Å². The van der Waals surface area contributed by atoms with Crippen molar-refractivity contribution in [1.82, 2.24) is 0 Å². The summed E-state index contributed by atoms with van der Waals surface area (Å²) >= 11 is 5.74. The monoisotopic (exact) mass is 303 g/mol. The van der Waals surface area contributed by atoms with Crippen LogP contribution in [0.15, 0.2) is 23.1 Å². The van der Waals surface area contributed by atoms with E-state index in [1.165, 1.54) is 11.0 Å². The summed E-state index contributed by atoms with van der Waals surface area (Å²) in [6.07, 6.45) is 0.360. The number of halogens is 1. The Bertz CT molecular complexity index is 614. The van der Waals surface area contributed by atoms with E-state index in [1.807, 2.05) is 0 Å². The molecule has 0 radical (unpaired) electrons. The molecule has 1 heterocycles. The van der Waals surface area contributed by atoms with Gasteiger partial charge in [-0.15, -0.1) is 11.6 Å². The minimum absolute atomic E-state index is 0.0738. The Morgan fingerprint density at radius 2 is 2.16 bits per heavy atom. The number of carbonyl (C=O) groups is 1. The number of anilines is 1. The predicted octanol–water partition coefficient (Wildman–Crippen LogP) is 1.83. The lowest BCUT2D eigenvalue weighted by Crippen LogP contribution is -2.25. The molecule has 0 aromatic heterocycles. The van der Waals surface area contributed by atoms with Gasteiger partial charge >= 0.3 is 0 Å². The summed E-state index contributed by atoms with van der Waals surface area (Å²) < 4.78 is 31.7. The lowest BCUT2D eigenvalue weighted by Gasteiger charge is -2.17. The maximum Gasteiger partial charge on any atom is 0.294 e. The molecule has 1 fully saturated rings. The first-order valence-electron chi connectivity index (χ1n) is 5.77. The van der Waals surface area contributed by atoms with Crippen LogP contribution in [0.3, 0.4) is 0 Å². The summed E-state index contributed by atoms with van der Waals surface area (Å²) in [5, 5.41) is 0. The molecule has 0 saturated carbocycles. The minimum atomic E-state index is -4.29. The van der Waals surface area contributed by atoms with Gasteiger partial charge in [-0.3, -0.25) is 9.35 Å². The molecule has 104 valence electrons. The molecule has 1 N–H and O–H groups in total. The van der Waals surface area contributed by atoms with Crippen LogP contribution in [0.4, 0.5) is 5.69 Å². The van der Waals surface area contributed by atoms with Crippen molar-refractivity contribution in [3.05, 3.63) is 23.8 Å². The van der Waals surface area contributed by atoms with E-state index in [2.05, 4.69) is 0 Å². The summed E-state index contributed by atoms with van der Waals surface area (Å²) in [6, 6.07) is 4.55. The third kappa shape index (κ3) is 2.91. The highest BCUT2D eigenvalue weighted by Crippen LogP contribution is 2.28. The van der Waals surface area contributed by atoms with Crippen LogP contribution in [0.25, 0.3) is 0 Å². The fourth-order valence-corrected chi connectivity index (χ4v) is 3.12. The summed E-state index contributed by atoms with van der Waals surface area (Å²) in [6.45, 7) is 2.05. The second-order valence-corrected chi connectivity index (χ2v) is 6.35. The van der Waals surface area contributed by atoms with Crippen LogP contribution < -0.4 is 4.90 Å². The van der Waals surface area contributed by atoms with Crippen molar-refractivity contribution < 1.29 is 17.8 Å². The van der Waals surface area contributed by atoms with E-state index in [0.717, 1.165) is 0 Å². The molecular formula is C12H14ClNO4S. The summed E-state index contributed by atoms with van der Waals surface area (Å²) in [4.78, 5) is 13.2. The van der Waals surface area contributed by atoms with E-state index in [-0.39, 0.29) is 16.7 Å². The highest BCUT2D eigenvalue weighted by atomic mass is 35.5. The first-order chi connectivity index (χ1) is 8.82. The number of hydrogen-bond acceptors (Lipinski definition) is 3. The SMILES string of the molecule is Cc1ccc(N2CC(CCl)CC2=O)cc1S(=O)(=O)O. The maximum absolute atomic E-state index is 11.8. The minimum Gasteiger partial charge on any atom is -0.312 e. The lowest BCUT2D eigenvalue weighted by atomic mass is 10.1. The Kier molecular flexibility index (Phi) is 3.85. The fourth-order valence-electron chi connectivity index (χ4n) is 2.17. The first-order valence-corrected chi connectivity index (χ1v) is 7.75. The second-order valence-electron chi connectivity index (χ2n) is 4.65. The molecule has 1 aliphatic rings. The van der Waals surface area contributed by atoms with Gasteiger partial charge < -0.3 is 4.90 Å². The van der Waals surface area contributed by atoms with Gasteiger partial charge in [-0.1, -0.05) is 6.07 Å². The van der Waals surface area contributed by atoms with Gasteiger partial charge in [-0.2, -0.15) is 8.42 Å². The highest BCUT2D eigenvalue weighted by molar-refractivity contribution is 7.85. The topological polar surface area (TPSA) is 74.7 Å². The molecule has 0 bridgehead atoms. The van der Waals surface area contributed by atoms with Crippen molar-refractivity contribution in [3.63, 3.8) is 0 Å². The molecule has 1 aliphatic heterocycles. The highest BCUT2D eigenvalue weighted by Gasteiger charge is 2.30. The smallest absolute Gasteiger partial charge is 0.294 e. The van der Waals surface area contributed by atoms with Crippen LogP contribution in [0.1, 0.15) is 12.0 Å². The number of carbonyl (C=O) groups excluding carboxylic acids is 1. The molecule has 1 amide bonds. The van der Waals surface area contributed by atoms with Crippen LogP contribution in [0.5, 0.6) is 0 Å². The average molecular weight is 304 g/mol. The molecule has 19 heavy (non-hydrogen) atoms. The van der Waals surface area contributed by atoms with Crippen LogP contribution in [0, 0.1) is 12.8 Å². The third-order valence-electron chi connectivity index (χ3n) is 3.18. The van der Waals surface area contributed by atoms with Gasteiger partial charge in [0.1, 0.15) is 0 Å². The molecular weight excluding hydrogens is 290 g/mol. The summed E-state index contributed by atoms with van der Waals surface area (Å²) in [5.74, 6) is 0.375. The van der Waals surface area contributed by atoms with E-state index < -0.39 is 10.1 Å². The maximum atomic E-state index is 11.8. The Morgan fingerprint density at radius 3 is 2.68 bits per heavy atom. The van der Waals surface area contributed by atoms with Crippen LogP contribution >= 0.6 is 11.6 Å². The standard InChI is InChI=1S/C12H14ClNO4S/c1-8-2-3-10(5-11(8)19(16,17)18)14-7-9(6-13)4-12(14)15/h2-3,5,9H,4,6-7H2,1H3,(H,16,17,18). The molecule has 0 aliphatic carbocycles. The molecule has 0 spiro atoms. The van der Waals surface area contributed by atoms with Crippen molar-refractivity contribution in [2.24, 2.45) is 5.92 Å². The fraction of sp³-hybridized carbons (Fsp3) is 0.417. The van der Waals surface area contributed by atoms with Crippen LogP contribution in [0.2, 0.25) is 0 Å². The van der Waals surface area contributed by atoms with Crippen molar-refractivity contribution >= 4 is 33.3 Å². The van der Waals surface area contributed by atoms with E-state index in [9.17, 15) is 13.2 Å². The number of alkyl halides is 1. The predicted molar refractivity (Wildman–Crippen MR) is 72.2 cm³/mol. The van der Waals surface area contributed by atoms with Gasteiger partial charge in [0.2, 0.25) is 5.91 Å². The zero-order valence-electron chi connectivity index (χ0n) is 10.3. The van der Waals surface area contributed by atoms with E-state index in [0.29, 0.717) is 30.1 Å². The Hall–Kier alpha value is -1.11. The van der Waals surface area contributed by atoms with Gasteiger partial charge in [-0.25, -0.2) is 0 Å². The van der Waals surface area contributed by atoms with Crippen molar-refractivity contribution in [1.29, 1.82) is 0 Å². The number of rotatable bonds is 3. The largest absolute Gasteiger partial charge is 0.312 e.